The Bertz CT molecular complexity index is 949. The van der Waals surface area contributed by atoms with Crippen LogP contribution in [0.3, 0.4) is 0 Å². The van der Waals surface area contributed by atoms with E-state index in [9.17, 15) is 9.90 Å². The largest absolute Gasteiger partial charge is 0.454 e. The molecular weight excluding hydrogens is 352 g/mol. The predicted octanol–water partition coefficient (Wildman–Crippen LogP) is 2.26. The Morgan fingerprint density at radius 2 is 1.59 bits per heavy atom. The number of carbonyl (C=O) groups excluding carboxylic acids is 1. The van der Waals surface area contributed by atoms with Crippen molar-refractivity contribution in [1.29, 1.82) is 0 Å². The average molecular weight is 368 g/mol. The predicted molar refractivity (Wildman–Crippen MR) is 92.4 cm³/mol. The molecule has 0 spiro atoms. The second-order valence-corrected chi connectivity index (χ2v) is 6.51. The van der Waals surface area contributed by atoms with Crippen LogP contribution in [-0.2, 0) is 16.0 Å². The van der Waals surface area contributed by atoms with Crippen molar-refractivity contribution < 1.29 is 33.6 Å². The van der Waals surface area contributed by atoms with Crippen LogP contribution in [0.15, 0.2) is 42.0 Å². The van der Waals surface area contributed by atoms with Gasteiger partial charge >= 0.3 is 5.97 Å². The molecule has 0 saturated carbocycles. The fourth-order valence-corrected chi connectivity index (χ4v) is 3.45. The number of fused-ring (bicyclic) bond motifs is 2. The first-order chi connectivity index (χ1) is 13.2. The van der Waals surface area contributed by atoms with Crippen LogP contribution in [0.4, 0.5) is 0 Å². The molecule has 7 heteroatoms. The maximum absolute atomic E-state index is 12.3. The van der Waals surface area contributed by atoms with Gasteiger partial charge in [0.05, 0.1) is 5.92 Å². The van der Waals surface area contributed by atoms with E-state index < -0.39 is 18.2 Å². The topological polar surface area (TPSA) is 83.5 Å². The fraction of sp³-hybridized carbons (Fsp3) is 0.250. The molecule has 3 aliphatic heterocycles. The highest BCUT2D eigenvalue weighted by Gasteiger charge is 2.39. The van der Waals surface area contributed by atoms with Crippen molar-refractivity contribution in [2.24, 2.45) is 5.92 Å². The van der Waals surface area contributed by atoms with Crippen LogP contribution in [0.25, 0.3) is 6.08 Å². The van der Waals surface area contributed by atoms with Crippen LogP contribution in [0.2, 0.25) is 0 Å². The van der Waals surface area contributed by atoms with Crippen molar-refractivity contribution in [2.75, 3.05) is 13.6 Å². The lowest BCUT2D eigenvalue weighted by atomic mass is 9.91. The minimum atomic E-state index is -1.19. The Balaban J connectivity index is 1.44. The van der Waals surface area contributed by atoms with Gasteiger partial charge in [0.25, 0.3) is 0 Å². The van der Waals surface area contributed by atoms with E-state index >= 15 is 0 Å². The Labute approximate surface area is 154 Å². The van der Waals surface area contributed by atoms with Crippen LogP contribution in [0.1, 0.15) is 11.1 Å². The monoisotopic (exact) mass is 368 g/mol. The van der Waals surface area contributed by atoms with E-state index in [2.05, 4.69) is 0 Å². The van der Waals surface area contributed by atoms with Crippen LogP contribution < -0.4 is 18.9 Å². The van der Waals surface area contributed by atoms with Gasteiger partial charge < -0.3 is 28.8 Å². The second kappa shape index (κ2) is 6.21. The summed E-state index contributed by atoms with van der Waals surface area (Å²) in [5.74, 6) is 1.64. The third-order valence-corrected chi connectivity index (χ3v) is 4.82. The van der Waals surface area contributed by atoms with Gasteiger partial charge in [-0.25, -0.2) is 4.79 Å². The zero-order chi connectivity index (χ0) is 18.4. The van der Waals surface area contributed by atoms with Gasteiger partial charge in [-0.2, -0.15) is 0 Å². The Kier molecular flexibility index (Phi) is 3.68. The average Bonchev–Trinajstić information content (AvgIpc) is 3.36. The second-order valence-electron chi connectivity index (χ2n) is 6.51. The summed E-state index contributed by atoms with van der Waals surface area (Å²) < 4.78 is 26.4. The molecular formula is C20H16O7. The van der Waals surface area contributed by atoms with Crippen molar-refractivity contribution in [3.8, 4) is 23.0 Å². The summed E-state index contributed by atoms with van der Waals surface area (Å²) in [6, 6.07) is 11.0. The number of carbonyl (C=O) groups is 1. The standard InChI is InChI=1S/C20H16O7/c21-19-13(5-11-1-3-15-17(7-11)25-9-23-15)14(20(22)27-19)6-12-2-4-16-18(8-12)26-10-24-16/h1-5,7-8,14,20,22H,6,9-10H2. The molecule has 3 heterocycles. The summed E-state index contributed by atoms with van der Waals surface area (Å²) in [5, 5.41) is 10.2. The summed E-state index contributed by atoms with van der Waals surface area (Å²) in [7, 11) is 0. The zero-order valence-electron chi connectivity index (χ0n) is 14.2. The van der Waals surface area contributed by atoms with Gasteiger partial charge in [-0.05, 0) is 47.9 Å². The molecule has 1 N–H and O–H groups in total. The number of esters is 1. The molecule has 5 rings (SSSR count). The molecule has 1 fully saturated rings. The number of aliphatic hydroxyl groups is 1. The molecule has 2 unspecified atom stereocenters. The van der Waals surface area contributed by atoms with E-state index in [1.807, 2.05) is 24.3 Å². The van der Waals surface area contributed by atoms with Crippen molar-refractivity contribution in [3.05, 3.63) is 53.1 Å². The first-order valence-electron chi connectivity index (χ1n) is 8.56. The maximum Gasteiger partial charge on any atom is 0.336 e. The normalized spacial score (nSPS) is 23.7. The van der Waals surface area contributed by atoms with E-state index in [4.69, 9.17) is 23.7 Å². The van der Waals surface area contributed by atoms with Gasteiger partial charge in [-0.1, -0.05) is 12.1 Å². The molecule has 2 aromatic rings. The van der Waals surface area contributed by atoms with Crippen molar-refractivity contribution in [3.63, 3.8) is 0 Å². The van der Waals surface area contributed by atoms with Crippen molar-refractivity contribution in [1.82, 2.24) is 0 Å². The highest BCUT2D eigenvalue weighted by Crippen LogP contribution is 2.37. The SMILES string of the molecule is O=C1OC(O)C(Cc2ccc3c(c2)OCO3)C1=Cc1ccc2c(c1)OCO2. The summed E-state index contributed by atoms with van der Waals surface area (Å²) >= 11 is 0. The lowest BCUT2D eigenvalue weighted by Gasteiger charge is -2.13. The fourth-order valence-electron chi connectivity index (χ4n) is 3.45. The molecule has 3 aliphatic rings. The van der Waals surface area contributed by atoms with Crippen molar-refractivity contribution in [2.45, 2.75) is 12.7 Å². The number of hydrogen-bond donors (Lipinski definition) is 1. The minimum Gasteiger partial charge on any atom is -0.454 e. The van der Waals surface area contributed by atoms with Gasteiger partial charge in [0.1, 0.15) is 0 Å². The lowest BCUT2D eigenvalue weighted by molar-refractivity contribution is -0.155. The van der Waals surface area contributed by atoms with Gasteiger partial charge in [0.15, 0.2) is 23.0 Å². The molecule has 0 amide bonds. The summed E-state index contributed by atoms with van der Waals surface area (Å²) in [6.07, 6.45) is 0.959. The maximum atomic E-state index is 12.3. The number of rotatable bonds is 3. The molecule has 0 radical (unpaired) electrons. The number of aliphatic hydroxyl groups excluding tert-OH is 1. The zero-order valence-corrected chi connectivity index (χ0v) is 14.2. The molecule has 27 heavy (non-hydrogen) atoms. The van der Waals surface area contributed by atoms with Gasteiger partial charge in [-0.3, -0.25) is 0 Å². The van der Waals surface area contributed by atoms with E-state index in [-0.39, 0.29) is 13.6 Å². The highest BCUT2D eigenvalue weighted by atomic mass is 16.7. The minimum absolute atomic E-state index is 0.183. The molecule has 2 atom stereocenters. The first-order valence-corrected chi connectivity index (χ1v) is 8.56. The highest BCUT2D eigenvalue weighted by molar-refractivity contribution is 5.96. The molecule has 2 aromatic carbocycles. The first kappa shape index (κ1) is 16.0. The molecule has 0 bridgehead atoms. The molecule has 0 aliphatic carbocycles. The Morgan fingerprint density at radius 1 is 0.926 bits per heavy atom. The molecule has 1 saturated heterocycles. The molecule has 138 valence electrons. The van der Waals surface area contributed by atoms with Crippen molar-refractivity contribution >= 4 is 12.0 Å². The van der Waals surface area contributed by atoms with Crippen LogP contribution in [0.5, 0.6) is 23.0 Å². The van der Waals surface area contributed by atoms with Gasteiger partial charge in [0, 0.05) is 5.57 Å². The number of benzene rings is 2. The molecule has 0 aromatic heterocycles. The number of hydrogen-bond acceptors (Lipinski definition) is 7. The smallest absolute Gasteiger partial charge is 0.336 e. The summed E-state index contributed by atoms with van der Waals surface area (Å²) in [6.45, 7) is 0.380. The van der Waals surface area contributed by atoms with Crippen LogP contribution in [0, 0.1) is 5.92 Å². The summed E-state index contributed by atoms with van der Waals surface area (Å²) in [5.41, 5.74) is 2.10. The quantitative estimate of drug-likeness (QED) is 0.657. The van der Waals surface area contributed by atoms with Gasteiger partial charge in [0.2, 0.25) is 19.9 Å². The Morgan fingerprint density at radius 3 is 2.37 bits per heavy atom. The van der Waals surface area contributed by atoms with E-state index in [0.717, 1.165) is 11.1 Å². The Hall–Kier alpha value is -3.19. The van der Waals surface area contributed by atoms with E-state index in [1.165, 1.54) is 0 Å². The van der Waals surface area contributed by atoms with Crippen LogP contribution >= 0.6 is 0 Å². The summed E-state index contributed by atoms with van der Waals surface area (Å²) in [4.78, 5) is 12.3. The lowest BCUT2D eigenvalue weighted by Crippen LogP contribution is -2.18. The third-order valence-electron chi connectivity index (χ3n) is 4.82. The third kappa shape index (κ3) is 2.86. The number of cyclic esters (lactones) is 1. The van der Waals surface area contributed by atoms with E-state index in [1.54, 1.807) is 18.2 Å². The van der Waals surface area contributed by atoms with Gasteiger partial charge in [-0.15, -0.1) is 0 Å². The molecule has 7 nitrogen and oxygen atoms in total. The van der Waals surface area contributed by atoms with Crippen LogP contribution in [-0.4, -0.2) is 31.0 Å². The van der Waals surface area contributed by atoms with E-state index in [0.29, 0.717) is 35.0 Å². The number of ether oxygens (including phenoxy) is 5.